The van der Waals surface area contributed by atoms with Crippen LogP contribution in [0.2, 0.25) is 0 Å². The summed E-state index contributed by atoms with van der Waals surface area (Å²) in [6.45, 7) is 4.48. The van der Waals surface area contributed by atoms with Crippen molar-refractivity contribution < 1.29 is 9.90 Å². The smallest absolute Gasteiger partial charge is 0.312 e. The lowest BCUT2D eigenvalue weighted by atomic mass is 9.96. The molecule has 13 heavy (non-hydrogen) atoms. The van der Waals surface area contributed by atoms with Crippen LogP contribution in [0.4, 0.5) is 4.79 Å². The number of aliphatic hydroxyl groups is 1. The molecular weight excluding hydrogens is 168 g/mol. The first-order valence-electron chi connectivity index (χ1n) is 4.83. The number of carbonyl (C=O) groups is 1. The monoisotopic (exact) mass is 188 g/mol. The lowest BCUT2D eigenvalue weighted by molar-refractivity contribution is 0.0963. The molecule has 0 heterocycles. The molecule has 0 aliphatic carbocycles. The maximum Gasteiger partial charge on any atom is 0.312 e. The average Bonchev–Trinajstić information content (AvgIpc) is 2.05. The van der Waals surface area contributed by atoms with E-state index in [4.69, 9.17) is 5.73 Å². The number of primary amides is 1. The molecule has 0 saturated carbocycles. The van der Waals surface area contributed by atoms with Gasteiger partial charge in [0.25, 0.3) is 0 Å². The summed E-state index contributed by atoms with van der Waals surface area (Å²) in [6.07, 6.45) is 2.25. The molecule has 0 aliphatic heterocycles. The third-order valence-corrected chi connectivity index (χ3v) is 2.19. The molecule has 0 aromatic rings. The molecule has 4 heteroatoms. The van der Waals surface area contributed by atoms with Crippen molar-refractivity contribution in [2.45, 2.75) is 39.2 Å². The van der Waals surface area contributed by atoms with Crippen LogP contribution in [0.15, 0.2) is 0 Å². The number of urea groups is 1. The summed E-state index contributed by atoms with van der Waals surface area (Å²) in [5, 5.41) is 12.1. The molecule has 0 fully saturated rings. The highest BCUT2D eigenvalue weighted by atomic mass is 16.3. The van der Waals surface area contributed by atoms with Gasteiger partial charge in [0.2, 0.25) is 0 Å². The Kier molecular flexibility index (Phi) is 6.32. The molecule has 2 unspecified atom stereocenters. The maximum atomic E-state index is 10.4. The number of nitrogens with one attached hydrogen (secondary N) is 1. The fourth-order valence-electron chi connectivity index (χ4n) is 1.32. The SMILES string of the molecule is CCCC(O)C(CC)CNC(N)=O. The van der Waals surface area contributed by atoms with Crippen LogP contribution >= 0.6 is 0 Å². The molecule has 78 valence electrons. The van der Waals surface area contributed by atoms with Crippen molar-refractivity contribution in [3.05, 3.63) is 0 Å². The zero-order chi connectivity index (χ0) is 10.3. The fraction of sp³-hybridized carbons (Fsp3) is 0.889. The van der Waals surface area contributed by atoms with Gasteiger partial charge in [-0.25, -0.2) is 4.79 Å². The van der Waals surface area contributed by atoms with E-state index >= 15 is 0 Å². The van der Waals surface area contributed by atoms with Crippen molar-refractivity contribution in [1.82, 2.24) is 5.32 Å². The molecule has 4 N–H and O–H groups in total. The molecule has 4 nitrogen and oxygen atoms in total. The van der Waals surface area contributed by atoms with Crippen LogP contribution in [0, 0.1) is 5.92 Å². The van der Waals surface area contributed by atoms with Crippen LogP contribution in [0.5, 0.6) is 0 Å². The van der Waals surface area contributed by atoms with Gasteiger partial charge in [0.05, 0.1) is 6.10 Å². The third kappa shape index (κ3) is 5.47. The number of amides is 2. The van der Waals surface area contributed by atoms with Crippen LogP contribution in [0.1, 0.15) is 33.1 Å². The van der Waals surface area contributed by atoms with Crippen LogP contribution in [0.3, 0.4) is 0 Å². The Bertz CT molecular complexity index is 151. The minimum absolute atomic E-state index is 0.118. The zero-order valence-electron chi connectivity index (χ0n) is 8.42. The van der Waals surface area contributed by atoms with Gasteiger partial charge in [-0.15, -0.1) is 0 Å². The predicted octanol–water partition coefficient (Wildman–Crippen LogP) is 0.842. The van der Waals surface area contributed by atoms with E-state index in [0.717, 1.165) is 19.3 Å². The van der Waals surface area contributed by atoms with Gasteiger partial charge in [-0.05, 0) is 12.8 Å². The van der Waals surface area contributed by atoms with Crippen molar-refractivity contribution in [3.63, 3.8) is 0 Å². The fourth-order valence-corrected chi connectivity index (χ4v) is 1.32. The van der Waals surface area contributed by atoms with Gasteiger partial charge >= 0.3 is 6.03 Å². The van der Waals surface area contributed by atoms with Crippen molar-refractivity contribution in [2.24, 2.45) is 11.7 Å². The molecule has 2 amide bonds. The second-order valence-corrected chi connectivity index (χ2v) is 3.27. The largest absolute Gasteiger partial charge is 0.393 e. The molecule has 2 atom stereocenters. The van der Waals surface area contributed by atoms with Crippen LogP contribution in [-0.4, -0.2) is 23.8 Å². The van der Waals surface area contributed by atoms with Crippen molar-refractivity contribution in [3.8, 4) is 0 Å². The summed E-state index contributed by atoms with van der Waals surface area (Å²) in [5.41, 5.74) is 4.94. The Labute approximate surface area is 79.5 Å². The van der Waals surface area contributed by atoms with Crippen molar-refractivity contribution in [2.75, 3.05) is 6.54 Å². The van der Waals surface area contributed by atoms with E-state index in [9.17, 15) is 9.90 Å². The van der Waals surface area contributed by atoms with Gasteiger partial charge in [0, 0.05) is 12.5 Å². The number of nitrogens with two attached hydrogens (primary N) is 1. The number of aliphatic hydroxyl groups excluding tert-OH is 1. The first kappa shape index (κ1) is 12.2. The van der Waals surface area contributed by atoms with Crippen molar-refractivity contribution >= 4 is 6.03 Å². The Balaban J connectivity index is 3.79. The van der Waals surface area contributed by atoms with Crippen LogP contribution < -0.4 is 11.1 Å². The Morgan fingerprint density at radius 1 is 1.54 bits per heavy atom. The summed E-state index contributed by atoms with van der Waals surface area (Å²) >= 11 is 0. The Morgan fingerprint density at radius 3 is 2.54 bits per heavy atom. The minimum Gasteiger partial charge on any atom is -0.393 e. The maximum absolute atomic E-state index is 10.4. The van der Waals surface area contributed by atoms with E-state index in [0.29, 0.717) is 6.54 Å². The molecule has 0 spiro atoms. The topological polar surface area (TPSA) is 75.3 Å². The van der Waals surface area contributed by atoms with Gasteiger partial charge in [0.1, 0.15) is 0 Å². The Morgan fingerprint density at radius 2 is 2.15 bits per heavy atom. The van der Waals surface area contributed by atoms with Crippen LogP contribution in [0.25, 0.3) is 0 Å². The summed E-state index contributed by atoms with van der Waals surface area (Å²) in [6, 6.07) is -0.526. The lowest BCUT2D eigenvalue weighted by Gasteiger charge is -2.20. The van der Waals surface area contributed by atoms with Gasteiger partial charge in [0.15, 0.2) is 0 Å². The molecular formula is C9H20N2O2. The minimum atomic E-state index is -0.526. The van der Waals surface area contributed by atoms with Gasteiger partial charge in [-0.1, -0.05) is 20.3 Å². The van der Waals surface area contributed by atoms with Gasteiger partial charge in [-0.2, -0.15) is 0 Å². The standard InChI is InChI=1S/C9H20N2O2/c1-3-5-8(12)7(4-2)6-11-9(10)13/h7-8,12H,3-6H2,1-2H3,(H3,10,11,13). The Hall–Kier alpha value is -0.770. The molecule has 0 radical (unpaired) electrons. The highest BCUT2D eigenvalue weighted by Crippen LogP contribution is 2.12. The van der Waals surface area contributed by atoms with E-state index in [1.807, 2.05) is 13.8 Å². The molecule has 0 aromatic heterocycles. The quantitative estimate of drug-likeness (QED) is 0.578. The van der Waals surface area contributed by atoms with Crippen molar-refractivity contribution in [1.29, 1.82) is 0 Å². The molecule has 0 bridgehead atoms. The van der Waals surface area contributed by atoms with Gasteiger partial charge in [-0.3, -0.25) is 0 Å². The average molecular weight is 188 g/mol. The van der Waals surface area contributed by atoms with E-state index in [1.54, 1.807) is 0 Å². The third-order valence-electron chi connectivity index (χ3n) is 2.19. The van der Waals surface area contributed by atoms with E-state index in [2.05, 4.69) is 5.32 Å². The first-order valence-corrected chi connectivity index (χ1v) is 4.83. The zero-order valence-corrected chi connectivity index (χ0v) is 8.42. The number of hydrogen-bond acceptors (Lipinski definition) is 2. The summed E-state index contributed by atoms with van der Waals surface area (Å²) < 4.78 is 0. The summed E-state index contributed by atoms with van der Waals surface area (Å²) in [4.78, 5) is 10.4. The van der Waals surface area contributed by atoms with E-state index < -0.39 is 6.03 Å². The highest BCUT2D eigenvalue weighted by molar-refractivity contribution is 5.71. The van der Waals surface area contributed by atoms with E-state index in [-0.39, 0.29) is 12.0 Å². The number of rotatable bonds is 6. The van der Waals surface area contributed by atoms with Gasteiger partial charge < -0.3 is 16.2 Å². The predicted molar refractivity (Wildman–Crippen MR) is 52.3 cm³/mol. The second kappa shape index (κ2) is 6.71. The second-order valence-electron chi connectivity index (χ2n) is 3.27. The summed E-state index contributed by atoms with van der Waals surface area (Å²) in [5.74, 6) is 0.118. The molecule has 0 rings (SSSR count). The molecule has 0 saturated heterocycles. The number of hydrogen-bond donors (Lipinski definition) is 3. The van der Waals surface area contributed by atoms with Crippen LogP contribution in [-0.2, 0) is 0 Å². The number of carbonyl (C=O) groups excluding carboxylic acids is 1. The summed E-state index contributed by atoms with van der Waals surface area (Å²) in [7, 11) is 0. The molecule has 0 aliphatic rings. The lowest BCUT2D eigenvalue weighted by Crippen LogP contribution is -2.37. The molecule has 0 aromatic carbocycles. The highest BCUT2D eigenvalue weighted by Gasteiger charge is 2.16. The van der Waals surface area contributed by atoms with E-state index in [1.165, 1.54) is 0 Å². The first-order chi connectivity index (χ1) is 6.11. The normalized spacial score (nSPS) is 15.0.